The normalized spacial score (nSPS) is 10.2. The van der Waals surface area contributed by atoms with E-state index in [1.807, 2.05) is 6.92 Å². The number of hydrogen-bond donors (Lipinski definition) is 2. The molecular weight excluding hydrogens is 184 g/mol. The van der Waals surface area contributed by atoms with Crippen LogP contribution in [0.3, 0.4) is 0 Å². The number of nitrogens with zero attached hydrogens (tertiary/aromatic N) is 1. The van der Waals surface area contributed by atoms with E-state index in [2.05, 4.69) is 5.32 Å². The summed E-state index contributed by atoms with van der Waals surface area (Å²) in [6.45, 7) is 4.50. The van der Waals surface area contributed by atoms with E-state index in [-0.39, 0.29) is 12.5 Å². The Morgan fingerprint density at radius 1 is 1.57 bits per heavy atom. The van der Waals surface area contributed by atoms with Crippen molar-refractivity contribution >= 4 is 5.91 Å². The number of ether oxygens (including phenoxy) is 1. The van der Waals surface area contributed by atoms with E-state index in [0.29, 0.717) is 32.8 Å². The third-order valence-corrected chi connectivity index (χ3v) is 1.86. The van der Waals surface area contributed by atoms with E-state index in [1.165, 1.54) is 0 Å². The highest BCUT2D eigenvalue weighted by molar-refractivity contribution is 5.78. The number of carbonyl (C=O) groups is 1. The Hall–Kier alpha value is -0.650. The molecule has 5 nitrogen and oxygen atoms in total. The minimum absolute atomic E-state index is 0.0116. The second-order valence-electron chi connectivity index (χ2n) is 2.87. The number of carbonyl (C=O) groups excluding carboxylic acids is 1. The minimum atomic E-state index is 0.0116. The summed E-state index contributed by atoms with van der Waals surface area (Å²) in [6.07, 6.45) is 0. The molecule has 0 aromatic heterocycles. The summed E-state index contributed by atoms with van der Waals surface area (Å²) in [5, 5.41) is 11.7. The fraction of sp³-hybridized carbons (Fsp3) is 0.889. The molecule has 0 aliphatic rings. The Labute approximate surface area is 85.0 Å². The van der Waals surface area contributed by atoms with Gasteiger partial charge in [0, 0.05) is 26.7 Å². The fourth-order valence-corrected chi connectivity index (χ4v) is 1.06. The van der Waals surface area contributed by atoms with Gasteiger partial charge in [-0.3, -0.25) is 4.79 Å². The number of likely N-dealkylation sites (N-methyl/N-ethyl adjacent to an activating group) is 1. The van der Waals surface area contributed by atoms with Gasteiger partial charge in [-0.2, -0.15) is 0 Å². The van der Waals surface area contributed by atoms with Crippen LogP contribution in [0.15, 0.2) is 0 Å². The van der Waals surface area contributed by atoms with Crippen molar-refractivity contribution in [2.24, 2.45) is 0 Å². The van der Waals surface area contributed by atoms with Gasteiger partial charge >= 0.3 is 0 Å². The number of aliphatic hydroxyl groups is 1. The number of hydrogen-bond acceptors (Lipinski definition) is 4. The van der Waals surface area contributed by atoms with E-state index in [9.17, 15) is 4.79 Å². The lowest BCUT2D eigenvalue weighted by Crippen LogP contribution is -2.40. The second-order valence-corrected chi connectivity index (χ2v) is 2.87. The SMILES string of the molecule is CCN(CCO)C(=O)CNCCOC. The Morgan fingerprint density at radius 3 is 2.79 bits per heavy atom. The van der Waals surface area contributed by atoms with Gasteiger partial charge in [-0.15, -0.1) is 0 Å². The van der Waals surface area contributed by atoms with Crippen molar-refractivity contribution in [3.05, 3.63) is 0 Å². The fourth-order valence-electron chi connectivity index (χ4n) is 1.06. The third kappa shape index (κ3) is 5.90. The quantitative estimate of drug-likeness (QED) is 0.501. The Bertz CT molecular complexity index is 153. The lowest BCUT2D eigenvalue weighted by atomic mass is 10.4. The van der Waals surface area contributed by atoms with Gasteiger partial charge in [-0.05, 0) is 6.92 Å². The first-order valence-corrected chi connectivity index (χ1v) is 4.84. The zero-order valence-corrected chi connectivity index (χ0v) is 8.95. The lowest BCUT2D eigenvalue weighted by molar-refractivity contribution is -0.130. The van der Waals surface area contributed by atoms with E-state index in [1.54, 1.807) is 12.0 Å². The van der Waals surface area contributed by atoms with Crippen molar-refractivity contribution in [3.63, 3.8) is 0 Å². The summed E-state index contributed by atoms with van der Waals surface area (Å²) in [6, 6.07) is 0. The minimum Gasteiger partial charge on any atom is -0.395 e. The molecule has 0 aliphatic heterocycles. The van der Waals surface area contributed by atoms with Crippen LogP contribution in [0.25, 0.3) is 0 Å². The maximum atomic E-state index is 11.4. The Balaban J connectivity index is 3.58. The van der Waals surface area contributed by atoms with Crippen molar-refractivity contribution in [3.8, 4) is 0 Å². The topological polar surface area (TPSA) is 61.8 Å². The maximum absolute atomic E-state index is 11.4. The van der Waals surface area contributed by atoms with Gasteiger partial charge in [0.1, 0.15) is 0 Å². The summed E-state index contributed by atoms with van der Waals surface area (Å²) >= 11 is 0. The molecule has 0 spiro atoms. The van der Waals surface area contributed by atoms with Gasteiger partial charge in [0.2, 0.25) is 5.91 Å². The number of nitrogens with one attached hydrogen (secondary N) is 1. The van der Waals surface area contributed by atoms with Crippen LogP contribution in [0.2, 0.25) is 0 Å². The van der Waals surface area contributed by atoms with E-state index < -0.39 is 0 Å². The summed E-state index contributed by atoms with van der Waals surface area (Å²) in [5.41, 5.74) is 0. The smallest absolute Gasteiger partial charge is 0.236 e. The summed E-state index contributed by atoms with van der Waals surface area (Å²) in [4.78, 5) is 13.0. The molecule has 14 heavy (non-hydrogen) atoms. The number of methoxy groups -OCH3 is 1. The molecule has 0 aromatic carbocycles. The van der Waals surface area contributed by atoms with Gasteiger partial charge in [0.25, 0.3) is 0 Å². The molecule has 0 aromatic rings. The van der Waals surface area contributed by atoms with Gasteiger partial charge in [0.05, 0.1) is 19.8 Å². The van der Waals surface area contributed by atoms with Gasteiger partial charge < -0.3 is 20.1 Å². The number of aliphatic hydroxyl groups excluding tert-OH is 1. The van der Waals surface area contributed by atoms with Crippen molar-refractivity contribution in [1.29, 1.82) is 0 Å². The summed E-state index contributed by atoms with van der Waals surface area (Å²) in [7, 11) is 1.62. The van der Waals surface area contributed by atoms with Crippen LogP contribution in [-0.2, 0) is 9.53 Å². The second kappa shape index (κ2) is 8.93. The highest BCUT2D eigenvalue weighted by atomic mass is 16.5. The molecule has 0 saturated carbocycles. The Kier molecular flexibility index (Phi) is 8.51. The molecule has 5 heteroatoms. The molecular formula is C9H20N2O3. The van der Waals surface area contributed by atoms with Crippen LogP contribution in [0, 0.1) is 0 Å². The third-order valence-electron chi connectivity index (χ3n) is 1.86. The Morgan fingerprint density at radius 2 is 2.29 bits per heavy atom. The molecule has 0 aliphatic carbocycles. The molecule has 0 radical (unpaired) electrons. The molecule has 0 heterocycles. The van der Waals surface area contributed by atoms with Crippen molar-refractivity contribution in [2.45, 2.75) is 6.92 Å². The molecule has 84 valence electrons. The monoisotopic (exact) mass is 204 g/mol. The first kappa shape index (κ1) is 13.4. The molecule has 1 amide bonds. The van der Waals surface area contributed by atoms with E-state index in [4.69, 9.17) is 9.84 Å². The summed E-state index contributed by atoms with van der Waals surface area (Å²) in [5.74, 6) is 0.0117. The number of amides is 1. The van der Waals surface area contributed by atoms with Crippen LogP contribution in [0.5, 0.6) is 0 Å². The molecule has 0 bridgehead atoms. The molecule has 0 rings (SSSR count). The van der Waals surface area contributed by atoms with Crippen molar-refractivity contribution in [1.82, 2.24) is 10.2 Å². The van der Waals surface area contributed by atoms with Gasteiger partial charge in [0.15, 0.2) is 0 Å². The van der Waals surface area contributed by atoms with Crippen LogP contribution in [0.1, 0.15) is 6.92 Å². The van der Waals surface area contributed by atoms with Crippen LogP contribution >= 0.6 is 0 Å². The van der Waals surface area contributed by atoms with Gasteiger partial charge in [-0.25, -0.2) is 0 Å². The average Bonchev–Trinajstić information content (AvgIpc) is 2.20. The molecule has 0 saturated heterocycles. The van der Waals surface area contributed by atoms with E-state index >= 15 is 0 Å². The number of rotatable bonds is 8. The maximum Gasteiger partial charge on any atom is 0.236 e. The highest BCUT2D eigenvalue weighted by Gasteiger charge is 2.09. The lowest BCUT2D eigenvalue weighted by Gasteiger charge is -2.19. The van der Waals surface area contributed by atoms with Crippen molar-refractivity contribution in [2.75, 3.05) is 46.5 Å². The molecule has 0 fully saturated rings. The van der Waals surface area contributed by atoms with Gasteiger partial charge in [-0.1, -0.05) is 0 Å². The molecule has 0 atom stereocenters. The van der Waals surface area contributed by atoms with Crippen molar-refractivity contribution < 1.29 is 14.6 Å². The predicted molar refractivity (Wildman–Crippen MR) is 54.1 cm³/mol. The predicted octanol–water partition coefficient (Wildman–Crippen LogP) is -0.937. The van der Waals surface area contributed by atoms with E-state index in [0.717, 1.165) is 0 Å². The standard InChI is InChI=1S/C9H20N2O3/c1-3-11(5-6-12)9(13)8-10-4-7-14-2/h10,12H,3-8H2,1-2H3. The average molecular weight is 204 g/mol. The summed E-state index contributed by atoms with van der Waals surface area (Å²) < 4.78 is 4.83. The first-order valence-electron chi connectivity index (χ1n) is 4.84. The largest absolute Gasteiger partial charge is 0.395 e. The zero-order valence-electron chi connectivity index (χ0n) is 8.95. The molecule has 0 unspecified atom stereocenters. The van der Waals surface area contributed by atoms with Crippen LogP contribution < -0.4 is 5.32 Å². The highest BCUT2D eigenvalue weighted by Crippen LogP contribution is 1.87. The zero-order chi connectivity index (χ0) is 10.8. The van der Waals surface area contributed by atoms with Crippen LogP contribution in [0.4, 0.5) is 0 Å². The molecule has 2 N–H and O–H groups in total. The van der Waals surface area contributed by atoms with Crippen LogP contribution in [-0.4, -0.2) is 62.4 Å². The first-order chi connectivity index (χ1) is 6.76.